The Kier molecular flexibility index (Phi) is 2.00. The van der Waals surface area contributed by atoms with E-state index >= 15 is 0 Å². The predicted octanol–water partition coefficient (Wildman–Crippen LogP) is 3.14. The van der Waals surface area contributed by atoms with Gasteiger partial charge < -0.3 is 4.57 Å². The van der Waals surface area contributed by atoms with Crippen molar-refractivity contribution < 1.29 is 0 Å². The smallest absolute Gasteiger partial charge is 0.1000 e. The molecule has 0 bridgehead atoms. The van der Waals surface area contributed by atoms with Crippen molar-refractivity contribution in [2.24, 2.45) is 0 Å². The first kappa shape index (κ1) is 7.36. The van der Waals surface area contributed by atoms with Gasteiger partial charge in [-0.15, -0.1) is 11.3 Å². The van der Waals surface area contributed by atoms with Crippen molar-refractivity contribution in [1.29, 1.82) is 0 Å². The van der Waals surface area contributed by atoms with E-state index in [0.717, 1.165) is 0 Å². The molecule has 0 unspecified atom stereocenters. The average molecular weight is 275 g/mol. The first-order valence-corrected chi connectivity index (χ1v) is 5.14. The van der Waals surface area contributed by atoms with Gasteiger partial charge in [-0.25, -0.2) is 0 Å². The molecule has 0 radical (unpaired) electrons. The summed E-state index contributed by atoms with van der Waals surface area (Å²) in [6.45, 7) is 0. The number of hydrogen-bond donors (Lipinski definition) is 0. The van der Waals surface area contributed by atoms with Crippen molar-refractivity contribution in [3.05, 3.63) is 39.5 Å². The lowest BCUT2D eigenvalue weighted by Crippen LogP contribution is -1.81. The lowest BCUT2D eigenvalue weighted by atomic mass is 10.6. The Morgan fingerprint density at radius 3 is 2.45 bits per heavy atom. The molecule has 0 aliphatic rings. The third kappa shape index (κ3) is 1.49. The van der Waals surface area contributed by atoms with Gasteiger partial charge in [0.2, 0.25) is 0 Å². The van der Waals surface area contributed by atoms with Gasteiger partial charge in [-0.1, -0.05) is 0 Å². The van der Waals surface area contributed by atoms with Crippen molar-refractivity contribution in [3.63, 3.8) is 0 Å². The summed E-state index contributed by atoms with van der Waals surface area (Å²) in [4.78, 5) is 0. The molecule has 0 saturated carbocycles. The minimum atomic E-state index is 1.28. The van der Waals surface area contributed by atoms with E-state index in [4.69, 9.17) is 0 Å². The van der Waals surface area contributed by atoms with Crippen LogP contribution in [0, 0.1) is 2.88 Å². The fraction of sp³-hybridized carbons (Fsp3) is 0. The first-order chi connectivity index (χ1) is 5.36. The number of thiophene rings is 1. The summed E-state index contributed by atoms with van der Waals surface area (Å²) in [6, 6.07) is 8.33. The molecule has 0 amide bonds. The molecule has 0 atom stereocenters. The molecule has 0 fully saturated rings. The summed E-state index contributed by atoms with van der Waals surface area (Å²) < 4.78 is 3.44. The lowest BCUT2D eigenvalue weighted by Gasteiger charge is -1.94. The average Bonchev–Trinajstić information content (AvgIpc) is 2.55. The molecule has 2 aromatic heterocycles. The van der Waals surface area contributed by atoms with Crippen LogP contribution in [0.4, 0.5) is 0 Å². The summed E-state index contributed by atoms with van der Waals surface area (Å²) in [7, 11) is 0. The molecule has 0 aliphatic heterocycles. The summed E-state index contributed by atoms with van der Waals surface area (Å²) in [6.07, 6.45) is 4.11. The maximum absolute atomic E-state index is 2.33. The van der Waals surface area contributed by atoms with Crippen molar-refractivity contribution in [2.75, 3.05) is 0 Å². The second kappa shape index (κ2) is 2.98. The normalized spacial score (nSPS) is 10.3. The van der Waals surface area contributed by atoms with Crippen LogP contribution in [0.3, 0.4) is 0 Å². The predicted molar refractivity (Wildman–Crippen MR) is 56.4 cm³/mol. The summed E-state index contributed by atoms with van der Waals surface area (Å²) >= 11 is 4.13. The zero-order valence-corrected chi connectivity index (χ0v) is 8.67. The highest BCUT2D eigenvalue weighted by Crippen LogP contribution is 2.21. The third-order valence-corrected chi connectivity index (χ3v) is 3.33. The molecule has 2 heterocycles. The van der Waals surface area contributed by atoms with Crippen LogP contribution in [-0.2, 0) is 0 Å². The van der Waals surface area contributed by atoms with Crippen LogP contribution in [0.5, 0.6) is 0 Å². The number of hydrogen-bond acceptors (Lipinski definition) is 1. The molecule has 0 saturated heterocycles. The van der Waals surface area contributed by atoms with Crippen LogP contribution in [0.15, 0.2) is 36.7 Å². The Hall–Kier alpha value is -0.290. The van der Waals surface area contributed by atoms with E-state index in [9.17, 15) is 0 Å². The van der Waals surface area contributed by atoms with Gasteiger partial charge in [-0.05, 0) is 46.9 Å². The van der Waals surface area contributed by atoms with Gasteiger partial charge in [0.1, 0.15) is 0 Å². The van der Waals surface area contributed by atoms with Crippen LogP contribution in [0.2, 0.25) is 0 Å². The maximum atomic E-state index is 2.33. The topological polar surface area (TPSA) is 4.93 Å². The van der Waals surface area contributed by atoms with Gasteiger partial charge in [0, 0.05) is 12.4 Å². The van der Waals surface area contributed by atoms with Crippen molar-refractivity contribution in [2.45, 2.75) is 0 Å². The highest BCUT2D eigenvalue weighted by atomic mass is 127. The fourth-order valence-electron chi connectivity index (χ4n) is 0.925. The van der Waals surface area contributed by atoms with Crippen molar-refractivity contribution in [1.82, 2.24) is 4.57 Å². The molecule has 3 heteroatoms. The van der Waals surface area contributed by atoms with Crippen LogP contribution < -0.4 is 0 Å². The minimum Gasteiger partial charge on any atom is -0.316 e. The van der Waals surface area contributed by atoms with Gasteiger partial charge in [0.15, 0.2) is 0 Å². The summed E-state index contributed by atoms with van der Waals surface area (Å²) in [5, 5.41) is 1.28. The van der Waals surface area contributed by atoms with Crippen LogP contribution in [0.25, 0.3) is 5.00 Å². The maximum Gasteiger partial charge on any atom is 0.1000 e. The van der Waals surface area contributed by atoms with Gasteiger partial charge in [0.25, 0.3) is 0 Å². The molecule has 2 aromatic rings. The van der Waals surface area contributed by atoms with Gasteiger partial charge in [0.05, 0.1) is 7.88 Å². The highest BCUT2D eigenvalue weighted by Gasteiger charge is 1.96. The van der Waals surface area contributed by atoms with Crippen LogP contribution in [0.1, 0.15) is 0 Å². The fourth-order valence-corrected chi connectivity index (χ4v) is 2.48. The SMILES string of the molecule is Ic1ccc(-n2cccc2)s1. The molecule has 11 heavy (non-hydrogen) atoms. The molecule has 0 spiro atoms. The zero-order valence-electron chi connectivity index (χ0n) is 5.70. The Morgan fingerprint density at radius 1 is 1.18 bits per heavy atom. The standard InChI is InChI=1S/C8H6INS/c9-7-3-4-8(11-7)10-5-1-2-6-10/h1-6H. The number of aromatic nitrogens is 1. The van der Waals surface area contributed by atoms with E-state index in [1.807, 2.05) is 12.1 Å². The Bertz CT molecular complexity index is 337. The highest BCUT2D eigenvalue weighted by molar-refractivity contribution is 14.1. The van der Waals surface area contributed by atoms with Crippen LogP contribution in [-0.4, -0.2) is 4.57 Å². The van der Waals surface area contributed by atoms with Crippen molar-refractivity contribution >= 4 is 33.9 Å². The van der Waals surface area contributed by atoms with E-state index in [-0.39, 0.29) is 0 Å². The molecule has 1 nitrogen and oxygen atoms in total. The van der Waals surface area contributed by atoms with Crippen molar-refractivity contribution in [3.8, 4) is 5.00 Å². The Morgan fingerprint density at radius 2 is 1.91 bits per heavy atom. The minimum absolute atomic E-state index is 1.28. The summed E-state index contributed by atoms with van der Waals surface area (Å²) in [5.41, 5.74) is 0. The van der Waals surface area contributed by atoms with Gasteiger partial charge in [-0.3, -0.25) is 0 Å². The van der Waals surface area contributed by atoms with E-state index < -0.39 is 0 Å². The number of nitrogens with zero attached hydrogens (tertiary/aromatic N) is 1. The molecule has 0 N–H and O–H groups in total. The molecular weight excluding hydrogens is 269 g/mol. The lowest BCUT2D eigenvalue weighted by molar-refractivity contribution is 1.11. The number of rotatable bonds is 1. The molecule has 2 rings (SSSR count). The monoisotopic (exact) mass is 275 g/mol. The Balaban J connectivity index is 2.45. The van der Waals surface area contributed by atoms with Gasteiger partial charge >= 0.3 is 0 Å². The molecule has 0 aromatic carbocycles. The molecule has 0 aliphatic carbocycles. The first-order valence-electron chi connectivity index (χ1n) is 3.25. The molecule has 56 valence electrons. The molecular formula is C8H6INS. The van der Waals surface area contributed by atoms with E-state index in [2.05, 4.69) is 51.7 Å². The number of halogens is 1. The van der Waals surface area contributed by atoms with Crippen LogP contribution >= 0.6 is 33.9 Å². The zero-order chi connectivity index (χ0) is 7.68. The van der Waals surface area contributed by atoms with E-state index in [1.165, 1.54) is 7.88 Å². The second-order valence-corrected chi connectivity index (χ2v) is 5.12. The van der Waals surface area contributed by atoms with E-state index in [0.29, 0.717) is 0 Å². The quantitative estimate of drug-likeness (QED) is 0.705. The third-order valence-electron chi connectivity index (χ3n) is 1.42. The largest absolute Gasteiger partial charge is 0.316 e. The van der Waals surface area contributed by atoms with Gasteiger partial charge in [-0.2, -0.15) is 0 Å². The van der Waals surface area contributed by atoms with E-state index in [1.54, 1.807) is 11.3 Å². The summed E-state index contributed by atoms with van der Waals surface area (Å²) in [5.74, 6) is 0. The Labute approximate surface area is 82.8 Å². The second-order valence-electron chi connectivity index (χ2n) is 2.17.